The molecule has 17 heteroatoms. The second-order valence-electron chi connectivity index (χ2n) is 16.6. The number of halogens is 1. The third-order valence-corrected chi connectivity index (χ3v) is 11.3. The molecule has 0 aliphatic carbocycles. The van der Waals surface area contributed by atoms with Crippen LogP contribution < -0.4 is 15.0 Å². The summed E-state index contributed by atoms with van der Waals surface area (Å²) in [5.41, 5.74) is -1.78. The summed E-state index contributed by atoms with van der Waals surface area (Å²) in [6, 6.07) is 2.45. The molecule has 0 aromatic heterocycles. The summed E-state index contributed by atoms with van der Waals surface area (Å²) in [7, 11) is 7.41. The number of hydrogen-bond acceptors (Lipinski definition) is 12. The first kappa shape index (κ1) is 46.3. The number of rotatable bonds is 8. The van der Waals surface area contributed by atoms with E-state index >= 15 is 0 Å². The fourth-order valence-electron chi connectivity index (χ4n) is 7.09. The van der Waals surface area contributed by atoms with Gasteiger partial charge in [0.15, 0.2) is 5.72 Å². The van der Waals surface area contributed by atoms with E-state index in [2.05, 4.69) is 5.32 Å². The number of ether oxygens (including phenoxy) is 6. The Bertz CT molecular complexity index is 1800. The van der Waals surface area contributed by atoms with E-state index < -0.39 is 83.3 Å². The third-order valence-electron chi connectivity index (χ3n) is 10.9. The van der Waals surface area contributed by atoms with Gasteiger partial charge in [-0.1, -0.05) is 42.3 Å². The molecule has 3 aliphatic rings. The molecule has 8 atom stereocenters. The molecule has 16 nitrogen and oxygen atoms in total. The molecule has 0 unspecified atom stereocenters. The summed E-state index contributed by atoms with van der Waals surface area (Å²) in [4.78, 5) is 70.5. The van der Waals surface area contributed by atoms with Gasteiger partial charge in [0.25, 0.3) is 0 Å². The smallest absolute Gasteiger partial charge is 0.410 e. The van der Waals surface area contributed by atoms with E-state index in [1.54, 1.807) is 66.0 Å². The van der Waals surface area contributed by atoms with Gasteiger partial charge < -0.3 is 48.2 Å². The number of benzene rings is 1. The molecule has 4 rings (SSSR count). The van der Waals surface area contributed by atoms with Gasteiger partial charge in [0.2, 0.25) is 11.8 Å². The monoisotopic (exact) mass is 834 g/mol. The number of aliphatic hydroxyl groups is 1. The molecule has 0 saturated carbocycles. The summed E-state index contributed by atoms with van der Waals surface area (Å²) in [6.07, 6.45) is -0.0852. The van der Waals surface area contributed by atoms with Crippen molar-refractivity contribution in [3.8, 4) is 5.75 Å². The van der Waals surface area contributed by atoms with Crippen LogP contribution in [0.2, 0.25) is 5.02 Å². The first-order valence-corrected chi connectivity index (χ1v) is 19.6. The summed E-state index contributed by atoms with van der Waals surface area (Å²) in [5.74, 6) is -1.93. The number of amides is 4. The number of methoxy groups -OCH3 is 2. The molecule has 1 aromatic carbocycles. The van der Waals surface area contributed by atoms with Crippen molar-refractivity contribution in [1.29, 1.82) is 0 Å². The maximum absolute atomic E-state index is 14.2. The Morgan fingerprint density at radius 1 is 1.17 bits per heavy atom. The van der Waals surface area contributed by atoms with Crippen molar-refractivity contribution in [2.75, 3.05) is 46.8 Å². The first-order valence-electron chi connectivity index (χ1n) is 19.2. The van der Waals surface area contributed by atoms with Crippen LogP contribution in [0.5, 0.6) is 5.75 Å². The molecule has 0 spiro atoms. The van der Waals surface area contributed by atoms with Crippen LogP contribution in [0.15, 0.2) is 35.9 Å². The first-order chi connectivity index (χ1) is 26.9. The predicted molar refractivity (Wildman–Crippen MR) is 214 cm³/mol. The second-order valence-corrected chi connectivity index (χ2v) is 16.9. The number of epoxide rings is 1. The number of anilines is 1. The Balaban J connectivity index is 1.67. The molecule has 2 fully saturated rings. The number of carbonyl (C=O) groups is 5. The highest BCUT2D eigenvalue weighted by molar-refractivity contribution is 6.35. The molecule has 2 saturated heterocycles. The van der Waals surface area contributed by atoms with E-state index in [0.717, 1.165) is 11.1 Å². The average molecular weight is 835 g/mol. The number of fused-ring (bicyclic) bond motifs is 5. The van der Waals surface area contributed by atoms with Crippen molar-refractivity contribution in [3.05, 3.63) is 46.5 Å². The van der Waals surface area contributed by atoms with Crippen LogP contribution in [0.3, 0.4) is 0 Å². The van der Waals surface area contributed by atoms with Gasteiger partial charge in [-0.3, -0.25) is 14.9 Å². The van der Waals surface area contributed by atoms with Crippen LogP contribution in [0, 0.1) is 5.92 Å². The molecule has 0 radical (unpaired) electrons. The Kier molecular flexibility index (Phi) is 14.6. The predicted octanol–water partition coefficient (Wildman–Crippen LogP) is 4.77. The van der Waals surface area contributed by atoms with E-state index in [4.69, 9.17) is 40.0 Å². The number of nitrogens with zero attached hydrogens (tertiary/aromatic N) is 3. The zero-order chi connectivity index (χ0) is 43.5. The number of esters is 1. The van der Waals surface area contributed by atoms with Crippen molar-refractivity contribution in [2.45, 2.75) is 122 Å². The minimum atomic E-state index is -1.85. The normalized spacial score (nSPS) is 29.7. The van der Waals surface area contributed by atoms with Crippen LogP contribution >= 0.6 is 11.6 Å². The number of likely N-dealkylation sites (N-methyl/N-ethyl adjacent to an activating group) is 1. The lowest BCUT2D eigenvalue weighted by atomic mass is 9.83. The lowest BCUT2D eigenvalue weighted by Crippen LogP contribution is -2.63. The molecule has 3 aliphatic heterocycles. The molecule has 322 valence electrons. The Labute approximate surface area is 345 Å². The largest absolute Gasteiger partial charge is 0.495 e. The fourth-order valence-corrected chi connectivity index (χ4v) is 7.40. The molecule has 4 bridgehead atoms. The maximum atomic E-state index is 14.2. The molecule has 2 N–H and O–H groups in total. The third kappa shape index (κ3) is 10.8. The number of allylic oxidation sites excluding steroid dienone is 3. The standard InChI is InChI=1S/C41H59ClN4O12/c1-23-14-13-15-30(54-12)41(52)22-29(55-37(50)43-41)24(2)35-40(7,57-35)31(21-33(48)46(10)27-19-26(18-23)20-28(53-11)34(27)42)56-36(49)25(3)45(9)32(47)16-17-44(8)38(51)58-39(4,5)6/h13-15,19-20,24-25,29-31,35,52H,16-18,21-22H2,1-12H3,(H,43,50)/b15-13+,23-14+/t24-,25+,29+,30-,31+,35+,40+,41+/m1/s1. The van der Waals surface area contributed by atoms with Gasteiger partial charge >= 0.3 is 18.2 Å². The topological polar surface area (TPSA) is 186 Å². The number of carbonyl (C=O) groups excluding carboxylic acids is 5. The van der Waals surface area contributed by atoms with E-state index in [-0.39, 0.29) is 30.8 Å². The number of hydrogen-bond donors (Lipinski definition) is 2. The number of alkyl carbamates (subject to hydrolysis) is 1. The van der Waals surface area contributed by atoms with Gasteiger partial charge in [0.1, 0.15) is 46.3 Å². The summed E-state index contributed by atoms with van der Waals surface area (Å²) in [6.45, 7) is 12.1. The van der Waals surface area contributed by atoms with Crippen LogP contribution in [-0.4, -0.2) is 134 Å². The fraction of sp³-hybridized carbons (Fsp3) is 0.634. The Morgan fingerprint density at radius 3 is 2.47 bits per heavy atom. The van der Waals surface area contributed by atoms with Crippen LogP contribution in [0.25, 0.3) is 0 Å². The minimum Gasteiger partial charge on any atom is -0.495 e. The molecular formula is C41H59ClN4O12. The van der Waals surface area contributed by atoms with Crippen molar-refractivity contribution in [2.24, 2.45) is 5.92 Å². The van der Waals surface area contributed by atoms with E-state index in [1.807, 2.05) is 13.0 Å². The van der Waals surface area contributed by atoms with Crippen molar-refractivity contribution >= 4 is 47.3 Å². The average Bonchev–Trinajstić information content (AvgIpc) is 3.84. The molecule has 1 aromatic rings. The molecular weight excluding hydrogens is 776 g/mol. The van der Waals surface area contributed by atoms with E-state index in [0.29, 0.717) is 17.9 Å². The van der Waals surface area contributed by atoms with Gasteiger partial charge in [-0.15, -0.1) is 0 Å². The summed E-state index contributed by atoms with van der Waals surface area (Å²) in [5, 5.41) is 14.5. The van der Waals surface area contributed by atoms with Gasteiger partial charge in [-0.05, 0) is 65.7 Å². The number of nitrogens with one attached hydrogen (secondary N) is 1. The highest BCUT2D eigenvalue weighted by Crippen LogP contribution is 2.49. The lowest BCUT2D eigenvalue weighted by Gasteiger charge is -2.42. The van der Waals surface area contributed by atoms with Gasteiger partial charge in [-0.2, -0.15) is 0 Å². The van der Waals surface area contributed by atoms with Crippen molar-refractivity contribution < 1.29 is 57.5 Å². The van der Waals surface area contributed by atoms with Crippen LogP contribution in [0.1, 0.15) is 73.3 Å². The highest BCUT2D eigenvalue weighted by Gasteiger charge is 2.64. The Morgan fingerprint density at radius 2 is 1.84 bits per heavy atom. The van der Waals surface area contributed by atoms with Crippen LogP contribution in [0.4, 0.5) is 15.3 Å². The summed E-state index contributed by atoms with van der Waals surface area (Å²) < 4.78 is 34.6. The Hall–Kier alpha value is -4.38. The van der Waals surface area contributed by atoms with Crippen molar-refractivity contribution in [1.82, 2.24) is 15.1 Å². The van der Waals surface area contributed by atoms with Crippen LogP contribution in [-0.2, 0) is 44.5 Å². The quantitative estimate of drug-likeness (QED) is 0.208. The van der Waals surface area contributed by atoms with Gasteiger partial charge in [0.05, 0.1) is 25.3 Å². The minimum absolute atomic E-state index is 0.0387. The molecule has 4 amide bonds. The van der Waals surface area contributed by atoms with Gasteiger partial charge in [-0.25, -0.2) is 14.4 Å². The SMILES string of the molecule is COc1cc2cc(c1Cl)N(C)C(=O)C[C@H](OC(=O)[C@H](C)N(C)C(=O)CCN(C)C(=O)OC(C)(C)C)[C@]1(C)O[C@H]1[C@H](C)[C@@H]1C[C@@](O)(NC(=O)O1)[C@H](OC)/C=C/C=C(\C)C2. The maximum Gasteiger partial charge on any atom is 0.410 e. The molecule has 58 heavy (non-hydrogen) atoms. The lowest BCUT2D eigenvalue weighted by molar-refractivity contribution is -0.162. The second kappa shape index (κ2) is 18.3. The molecule has 3 heterocycles. The van der Waals surface area contributed by atoms with E-state index in [9.17, 15) is 29.1 Å². The zero-order valence-corrected chi connectivity index (χ0v) is 36.3. The highest BCUT2D eigenvalue weighted by atomic mass is 35.5. The van der Waals surface area contributed by atoms with E-state index in [1.165, 1.54) is 49.9 Å². The van der Waals surface area contributed by atoms with Gasteiger partial charge in [0, 0.05) is 53.6 Å². The summed E-state index contributed by atoms with van der Waals surface area (Å²) >= 11 is 6.77. The zero-order valence-electron chi connectivity index (χ0n) is 35.5. The van der Waals surface area contributed by atoms with Crippen molar-refractivity contribution in [3.63, 3.8) is 0 Å².